The maximum atomic E-state index is 13.0. The van der Waals surface area contributed by atoms with Crippen LogP contribution in [-0.4, -0.2) is 21.3 Å². The Morgan fingerprint density at radius 1 is 0.964 bits per heavy atom. The number of aryl methyl sites for hydroxylation is 1. The first-order valence-corrected chi connectivity index (χ1v) is 10.2. The third kappa shape index (κ3) is 4.35. The number of ether oxygens (including phenoxy) is 1. The van der Waals surface area contributed by atoms with Crippen molar-refractivity contribution in [1.29, 1.82) is 0 Å². The van der Waals surface area contributed by atoms with E-state index in [0.29, 0.717) is 16.3 Å². The molecule has 0 aliphatic heterocycles. The predicted molar refractivity (Wildman–Crippen MR) is 110 cm³/mol. The molecule has 0 aromatic heterocycles. The summed E-state index contributed by atoms with van der Waals surface area (Å²) >= 11 is 6.05. The molecule has 0 heterocycles. The van der Waals surface area contributed by atoms with Crippen LogP contribution in [0.2, 0.25) is 5.02 Å². The predicted octanol–water partition coefficient (Wildman–Crippen LogP) is 4.69. The molecule has 0 unspecified atom stereocenters. The highest BCUT2D eigenvalue weighted by molar-refractivity contribution is 7.92. The molecule has 0 saturated heterocycles. The van der Waals surface area contributed by atoms with Gasteiger partial charge in [0.15, 0.2) is 5.78 Å². The fourth-order valence-electron chi connectivity index (χ4n) is 2.61. The Labute approximate surface area is 169 Å². The van der Waals surface area contributed by atoms with E-state index in [1.54, 1.807) is 36.4 Å². The lowest BCUT2D eigenvalue weighted by atomic mass is 10.0. The number of halogens is 1. The van der Waals surface area contributed by atoms with Crippen LogP contribution < -0.4 is 9.46 Å². The number of nitrogens with one attached hydrogen (secondary N) is 1. The third-order valence-electron chi connectivity index (χ3n) is 4.15. The number of benzene rings is 3. The van der Waals surface area contributed by atoms with E-state index >= 15 is 0 Å². The molecule has 0 atom stereocenters. The molecule has 0 amide bonds. The van der Waals surface area contributed by atoms with Crippen molar-refractivity contribution in [2.45, 2.75) is 11.8 Å². The number of anilines is 1. The molecule has 0 aliphatic rings. The maximum Gasteiger partial charge on any atom is 0.261 e. The summed E-state index contributed by atoms with van der Waals surface area (Å²) < 4.78 is 33.0. The van der Waals surface area contributed by atoms with Crippen LogP contribution in [0.25, 0.3) is 0 Å². The topological polar surface area (TPSA) is 72.5 Å². The summed E-state index contributed by atoms with van der Waals surface area (Å²) in [6.45, 7) is 1.87. The van der Waals surface area contributed by atoms with Crippen molar-refractivity contribution in [1.82, 2.24) is 0 Å². The standard InChI is InChI=1S/C21H18ClNO4S/c1-14-3-10-18(11-4-14)28(25,26)23-20-12-7-16(22)13-19(20)21(24)15-5-8-17(27-2)9-6-15/h3-13,23H,1-2H3. The van der Waals surface area contributed by atoms with E-state index in [0.717, 1.165) is 5.56 Å². The van der Waals surface area contributed by atoms with Crippen LogP contribution in [0, 0.1) is 6.92 Å². The molecule has 0 fully saturated rings. The van der Waals surface area contributed by atoms with Gasteiger partial charge < -0.3 is 4.74 Å². The molecule has 3 aromatic carbocycles. The molecule has 0 bridgehead atoms. The summed E-state index contributed by atoms with van der Waals surface area (Å²) in [5, 5.41) is 0.329. The Morgan fingerprint density at radius 3 is 2.21 bits per heavy atom. The average molecular weight is 416 g/mol. The zero-order chi connectivity index (χ0) is 20.3. The van der Waals surface area contributed by atoms with Gasteiger partial charge in [0.05, 0.1) is 17.7 Å². The van der Waals surface area contributed by atoms with Crippen LogP contribution in [0.5, 0.6) is 5.75 Å². The number of carbonyl (C=O) groups excluding carboxylic acids is 1. The van der Waals surface area contributed by atoms with E-state index in [9.17, 15) is 13.2 Å². The number of carbonyl (C=O) groups is 1. The summed E-state index contributed by atoms with van der Waals surface area (Å²) in [6, 6.07) is 17.4. The number of hydrogen-bond acceptors (Lipinski definition) is 4. The number of sulfonamides is 1. The minimum Gasteiger partial charge on any atom is -0.497 e. The molecule has 3 rings (SSSR count). The normalized spacial score (nSPS) is 11.1. The van der Waals surface area contributed by atoms with E-state index in [-0.39, 0.29) is 21.9 Å². The molecule has 0 spiro atoms. The zero-order valence-corrected chi connectivity index (χ0v) is 16.8. The fraction of sp³-hybridized carbons (Fsp3) is 0.0952. The Morgan fingerprint density at radius 2 is 1.61 bits per heavy atom. The molecule has 28 heavy (non-hydrogen) atoms. The van der Waals surface area contributed by atoms with Gasteiger partial charge in [0.1, 0.15) is 5.75 Å². The summed E-state index contributed by atoms with van der Waals surface area (Å²) in [6.07, 6.45) is 0. The lowest BCUT2D eigenvalue weighted by Crippen LogP contribution is -2.16. The minimum absolute atomic E-state index is 0.107. The van der Waals surface area contributed by atoms with Gasteiger partial charge in [-0.15, -0.1) is 0 Å². The van der Waals surface area contributed by atoms with Crippen molar-refractivity contribution in [2.75, 3.05) is 11.8 Å². The quantitative estimate of drug-likeness (QED) is 0.593. The highest BCUT2D eigenvalue weighted by Gasteiger charge is 2.20. The van der Waals surface area contributed by atoms with Gasteiger partial charge in [0.2, 0.25) is 0 Å². The maximum absolute atomic E-state index is 13.0. The van der Waals surface area contributed by atoms with Crippen molar-refractivity contribution >= 4 is 33.1 Å². The molecular weight excluding hydrogens is 398 g/mol. The van der Waals surface area contributed by atoms with Crippen LogP contribution in [0.1, 0.15) is 21.5 Å². The van der Waals surface area contributed by atoms with E-state index in [2.05, 4.69) is 4.72 Å². The Hall–Kier alpha value is -2.83. The van der Waals surface area contributed by atoms with Gasteiger partial charge in [-0.2, -0.15) is 0 Å². The van der Waals surface area contributed by atoms with Crippen LogP contribution in [0.4, 0.5) is 5.69 Å². The summed E-state index contributed by atoms with van der Waals surface area (Å²) in [5.74, 6) is 0.259. The van der Waals surface area contributed by atoms with Crippen molar-refractivity contribution in [3.05, 3.63) is 88.4 Å². The highest BCUT2D eigenvalue weighted by Crippen LogP contribution is 2.27. The van der Waals surface area contributed by atoms with E-state index in [4.69, 9.17) is 16.3 Å². The molecule has 7 heteroatoms. The second kappa shape index (κ2) is 8.04. The van der Waals surface area contributed by atoms with Crippen molar-refractivity contribution in [3.8, 4) is 5.75 Å². The number of hydrogen-bond donors (Lipinski definition) is 1. The van der Waals surface area contributed by atoms with Crippen molar-refractivity contribution in [3.63, 3.8) is 0 Å². The first-order valence-electron chi connectivity index (χ1n) is 8.38. The molecule has 0 saturated carbocycles. The van der Waals surface area contributed by atoms with Gasteiger partial charge in [-0.05, 0) is 61.5 Å². The number of methoxy groups -OCH3 is 1. The van der Waals surface area contributed by atoms with Gasteiger partial charge in [0, 0.05) is 16.1 Å². The lowest BCUT2D eigenvalue weighted by Gasteiger charge is -2.13. The lowest BCUT2D eigenvalue weighted by molar-refractivity contribution is 0.103. The summed E-state index contributed by atoms with van der Waals surface area (Å²) in [4.78, 5) is 13.1. The third-order valence-corrected chi connectivity index (χ3v) is 5.77. The van der Waals surface area contributed by atoms with Crippen LogP contribution in [0.3, 0.4) is 0 Å². The molecule has 5 nitrogen and oxygen atoms in total. The van der Waals surface area contributed by atoms with Crippen molar-refractivity contribution < 1.29 is 17.9 Å². The van der Waals surface area contributed by atoms with E-state index in [1.807, 2.05) is 6.92 Å². The molecular formula is C21H18ClNO4S. The second-order valence-electron chi connectivity index (χ2n) is 6.17. The first kappa shape index (κ1) is 19.9. The number of ketones is 1. The number of rotatable bonds is 6. The minimum atomic E-state index is -3.86. The van der Waals surface area contributed by atoms with Crippen LogP contribution >= 0.6 is 11.6 Å². The summed E-state index contributed by atoms with van der Waals surface area (Å²) in [5.41, 5.74) is 1.65. The van der Waals surface area contributed by atoms with Gasteiger partial charge in [0.25, 0.3) is 10.0 Å². The van der Waals surface area contributed by atoms with Crippen LogP contribution in [-0.2, 0) is 10.0 Å². The largest absolute Gasteiger partial charge is 0.497 e. The Balaban J connectivity index is 1.98. The van der Waals surface area contributed by atoms with E-state index in [1.165, 1.54) is 37.4 Å². The first-order chi connectivity index (χ1) is 13.3. The smallest absolute Gasteiger partial charge is 0.261 e. The average Bonchev–Trinajstić information content (AvgIpc) is 2.69. The molecule has 0 aliphatic carbocycles. The highest BCUT2D eigenvalue weighted by atomic mass is 35.5. The molecule has 144 valence electrons. The Kier molecular flexibility index (Phi) is 5.72. The SMILES string of the molecule is COc1ccc(C(=O)c2cc(Cl)ccc2NS(=O)(=O)c2ccc(C)cc2)cc1. The fourth-order valence-corrected chi connectivity index (χ4v) is 3.86. The molecule has 1 N–H and O–H groups in total. The van der Waals surface area contributed by atoms with Gasteiger partial charge >= 0.3 is 0 Å². The van der Waals surface area contributed by atoms with Crippen LogP contribution in [0.15, 0.2) is 71.6 Å². The zero-order valence-electron chi connectivity index (χ0n) is 15.3. The molecule has 3 aromatic rings. The van der Waals surface area contributed by atoms with Gasteiger partial charge in [-0.1, -0.05) is 29.3 Å². The molecule has 0 radical (unpaired) electrons. The van der Waals surface area contributed by atoms with Gasteiger partial charge in [-0.25, -0.2) is 8.42 Å². The monoisotopic (exact) mass is 415 g/mol. The second-order valence-corrected chi connectivity index (χ2v) is 8.28. The van der Waals surface area contributed by atoms with Gasteiger partial charge in [-0.3, -0.25) is 9.52 Å². The Bertz CT molecular complexity index is 1110. The van der Waals surface area contributed by atoms with Crippen molar-refractivity contribution in [2.24, 2.45) is 0 Å². The van der Waals surface area contributed by atoms with E-state index < -0.39 is 10.0 Å². The summed E-state index contributed by atoms with van der Waals surface area (Å²) in [7, 11) is -2.32.